The van der Waals surface area contributed by atoms with E-state index in [2.05, 4.69) is 144 Å². The van der Waals surface area contributed by atoms with Gasteiger partial charge < -0.3 is 0 Å². The van der Waals surface area contributed by atoms with Gasteiger partial charge in [0, 0.05) is 24.8 Å². The van der Waals surface area contributed by atoms with Crippen molar-refractivity contribution in [2.24, 2.45) is 0 Å². The van der Waals surface area contributed by atoms with Crippen molar-refractivity contribution in [3.8, 4) is 61.7 Å². The lowest BCUT2D eigenvalue weighted by Gasteiger charge is -2.24. The number of fused-ring (bicyclic) bond motifs is 4. The van der Waals surface area contributed by atoms with Gasteiger partial charge in [-0.3, -0.25) is 9.59 Å². The Bertz CT molecular complexity index is 3060. The summed E-state index contributed by atoms with van der Waals surface area (Å²) in [4.78, 5) is 29.6. The van der Waals surface area contributed by atoms with Gasteiger partial charge in [-0.05, 0) is 134 Å². The molecule has 0 saturated heterocycles. The van der Waals surface area contributed by atoms with E-state index in [1.807, 2.05) is 60.7 Å². The fourth-order valence-electron chi connectivity index (χ4n) is 9.81. The third kappa shape index (κ3) is 7.04. The van der Waals surface area contributed by atoms with Crippen LogP contribution in [-0.4, -0.2) is 28.4 Å². The Balaban J connectivity index is 1.34. The Labute approximate surface area is 368 Å². The molecule has 63 heavy (non-hydrogen) atoms. The van der Waals surface area contributed by atoms with E-state index in [1.165, 1.54) is 5.56 Å². The summed E-state index contributed by atoms with van der Waals surface area (Å²) in [5, 5.41) is 9.72. The van der Waals surface area contributed by atoms with E-state index in [1.54, 1.807) is 13.8 Å². The van der Waals surface area contributed by atoms with Crippen molar-refractivity contribution >= 4 is 17.3 Å². The van der Waals surface area contributed by atoms with Crippen LogP contribution in [0.25, 0.3) is 55.6 Å². The second-order valence-corrected chi connectivity index (χ2v) is 16.3. The highest BCUT2D eigenvalue weighted by molar-refractivity contribution is 6.13. The second kappa shape index (κ2) is 16.5. The largest absolute Gasteiger partial charge is 0.295 e. The molecule has 0 N–H and O–H groups in total. The number of rotatable bonds is 9. The van der Waals surface area contributed by atoms with Gasteiger partial charge in [-0.25, -0.2) is 0 Å². The van der Waals surface area contributed by atoms with Crippen LogP contribution in [0, 0.1) is 11.3 Å². The van der Waals surface area contributed by atoms with Crippen LogP contribution >= 0.6 is 0 Å². The lowest BCUT2D eigenvalue weighted by atomic mass is 9.81. The van der Waals surface area contributed by atoms with Crippen LogP contribution in [0.15, 0.2) is 205 Å². The van der Waals surface area contributed by atoms with Gasteiger partial charge in [0.2, 0.25) is 11.5 Å². The number of allylic oxidation sites excluding steroid dienone is 2. The summed E-state index contributed by atoms with van der Waals surface area (Å²) in [6.07, 6.45) is 0.687. The average Bonchev–Trinajstić information content (AvgIpc) is 3.64. The van der Waals surface area contributed by atoms with Crippen LogP contribution in [0.1, 0.15) is 53.1 Å². The van der Waals surface area contributed by atoms with E-state index >= 15 is 0 Å². The molecule has 1 aliphatic heterocycles. The zero-order valence-corrected chi connectivity index (χ0v) is 35.2. The summed E-state index contributed by atoms with van der Waals surface area (Å²) < 4.78 is 2.09. The maximum Gasteiger partial charge on any atom is 0.256 e. The Kier molecular flexibility index (Phi) is 10.2. The number of nitrogens with zero attached hydrogens (tertiary/aromatic N) is 2. The molecule has 1 heterocycles. The van der Waals surface area contributed by atoms with Crippen molar-refractivity contribution in [1.29, 1.82) is 5.26 Å². The fraction of sp³-hybridized carbons (Fsp3) is 0.0847. The van der Waals surface area contributed by atoms with Crippen LogP contribution in [-0.2, 0) is 16.0 Å². The maximum absolute atomic E-state index is 14.9. The smallest absolute Gasteiger partial charge is 0.256 e. The van der Waals surface area contributed by atoms with Gasteiger partial charge in [0.25, 0.3) is 5.70 Å². The van der Waals surface area contributed by atoms with Gasteiger partial charge in [0.05, 0.1) is 22.8 Å². The third-order valence-electron chi connectivity index (χ3n) is 12.6. The highest BCUT2D eigenvalue weighted by atomic mass is 16.1. The van der Waals surface area contributed by atoms with E-state index in [4.69, 9.17) is 0 Å². The monoisotopic (exact) mass is 811 g/mol. The molecule has 4 nitrogen and oxygen atoms in total. The van der Waals surface area contributed by atoms with E-state index in [0.717, 1.165) is 83.6 Å². The van der Waals surface area contributed by atoms with Gasteiger partial charge in [-0.1, -0.05) is 140 Å². The normalized spacial score (nSPS) is 13.3. The highest BCUT2D eigenvalue weighted by Crippen LogP contribution is 2.55. The van der Waals surface area contributed by atoms with Crippen molar-refractivity contribution in [2.45, 2.75) is 26.2 Å². The first kappa shape index (κ1) is 39.2. The van der Waals surface area contributed by atoms with E-state index in [-0.39, 0.29) is 11.6 Å². The molecule has 0 fully saturated rings. The first-order chi connectivity index (χ1) is 30.9. The topological polar surface area (TPSA) is 60.9 Å². The van der Waals surface area contributed by atoms with Crippen molar-refractivity contribution in [3.05, 3.63) is 239 Å². The molecule has 8 aromatic rings. The Morgan fingerprint density at radius 1 is 0.476 bits per heavy atom. The summed E-state index contributed by atoms with van der Waals surface area (Å²) >= 11 is 0. The Morgan fingerprint density at radius 2 is 0.905 bits per heavy atom. The highest BCUT2D eigenvalue weighted by Gasteiger charge is 2.43. The number of Topliss-reactive ketones (excluding diaryl/α,β-unsaturated/α-hetero) is 2. The summed E-state index contributed by atoms with van der Waals surface area (Å²) in [5.41, 5.74) is 17.9. The minimum Gasteiger partial charge on any atom is -0.295 e. The molecular weight excluding hydrogens is 769 g/mol. The van der Waals surface area contributed by atoms with Gasteiger partial charge in [-0.2, -0.15) is 9.84 Å². The fourth-order valence-corrected chi connectivity index (χ4v) is 9.81. The summed E-state index contributed by atoms with van der Waals surface area (Å²) in [6, 6.07) is 69.0. The zero-order valence-electron chi connectivity index (χ0n) is 35.2. The molecule has 0 amide bonds. The number of nitriles is 1. The van der Waals surface area contributed by atoms with Gasteiger partial charge in [0.15, 0.2) is 12.3 Å². The van der Waals surface area contributed by atoms with E-state index in [9.17, 15) is 14.9 Å². The predicted octanol–water partition coefficient (Wildman–Crippen LogP) is 12.9. The Hall–Kier alpha value is -8.00. The lowest BCUT2D eigenvalue weighted by Crippen LogP contribution is -2.34. The van der Waals surface area contributed by atoms with Crippen LogP contribution in [0.2, 0.25) is 0 Å². The van der Waals surface area contributed by atoms with Gasteiger partial charge >= 0.3 is 0 Å². The molecule has 300 valence electrons. The molecule has 1 aliphatic carbocycles. The molecule has 0 bridgehead atoms. The van der Waals surface area contributed by atoms with Crippen LogP contribution in [0.5, 0.6) is 0 Å². The quantitative estimate of drug-likeness (QED) is 0.108. The van der Waals surface area contributed by atoms with Crippen LogP contribution in [0.4, 0.5) is 0 Å². The number of hydrogen-bond acceptors (Lipinski definition) is 3. The van der Waals surface area contributed by atoms with Gasteiger partial charge in [-0.15, -0.1) is 0 Å². The predicted molar refractivity (Wildman–Crippen MR) is 253 cm³/mol. The molecule has 8 aromatic carbocycles. The molecule has 0 spiro atoms. The number of carbonyl (C=O) groups excluding carboxylic acids is 2. The Morgan fingerprint density at radius 3 is 1.33 bits per heavy atom. The first-order valence-electron chi connectivity index (χ1n) is 21.5. The third-order valence-corrected chi connectivity index (χ3v) is 12.6. The number of carbonyl (C=O) groups is 2. The van der Waals surface area contributed by atoms with Crippen molar-refractivity contribution in [3.63, 3.8) is 0 Å². The maximum atomic E-state index is 14.9. The second-order valence-electron chi connectivity index (χ2n) is 16.3. The molecule has 0 saturated carbocycles. The SMILES string of the molecule is CC(=O)/C(=C(/C(C)=O)[N+]1=C(c2ccc(C#N)cc2)c2ccccc2CC1)C1c2cc(-c3ccccc3)c(-c3ccccc3)cc2-c2cc(-c3ccccc3)c(-c3ccccc3)cc21. The van der Waals surface area contributed by atoms with Gasteiger partial charge in [0.1, 0.15) is 0 Å². The molecule has 4 heteroatoms. The minimum atomic E-state index is -0.578. The van der Waals surface area contributed by atoms with Crippen LogP contribution < -0.4 is 0 Å². The summed E-state index contributed by atoms with van der Waals surface area (Å²) in [6.45, 7) is 3.70. The molecule has 10 rings (SSSR count). The molecule has 0 radical (unpaired) electrons. The summed E-state index contributed by atoms with van der Waals surface area (Å²) in [5.74, 6) is -0.928. The number of benzene rings is 8. The summed E-state index contributed by atoms with van der Waals surface area (Å²) in [7, 11) is 0. The van der Waals surface area contributed by atoms with E-state index < -0.39 is 5.92 Å². The zero-order chi connectivity index (χ0) is 43.0. The number of hydrogen-bond donors (Lipinski definition) is 0. The number of ketones is 2. The standard InChI is InChI=1S/C59H43N2O2/c1-38(62)56(58(39(2)63)61-32-31-45-25-15-16-26-47(45)59(61)46-29-27-40(37-60)28-30-46)57-54-35-50(43-21-11-5-12-22-43)48(41-17-7-3-8-18-41)33-52(54)53-34-49(42-19-9-4-10-20-42)51(36-55(53)57)44-23-13-6-14-24-44/h3-30,33-36,57H,31-32H2,1-2H3/q+1/b58-56+. The van der Waals surface area contributed by atoms with Crippen LogP contribution in [0.3, 0.4) is 0 Å². The molecule has 0 unspecified atom stereocenters. The van der Waals surface area contributed by atoms with Crippen molar-refractivity contribution in [2.75, 3.05) is 6.54 Å². The first-order valence-corrected chi connectivity index (χ1v) is 21.5. The van der Waals surface area contributed by atoms with Crippen molar-refractivity contribution < 1.29 is 14.2 Å². The van der Waals surface area contributed by atoms with E-state index in [0.29, 0.717) is 29.8 Å². The molecule has 0 aromatic heterocycles. The lowest BCUT2D eigenvalue weighted by molar-refractivity contribution is -0.472. The molecule has 2 aliphatic rings. The minimum absolute atomic E-state index is 0.163. The van der Waals surface area contributed by atoms with Crippen molar-refractivity contribution in [1.82, 2.24) is 0 Å². The average molecular weight is 812 g/mol. The molecular formula is C59H43N2O2+. The molecule has 0 atom stereocenters.